The van der Waals surface area contributed by atoms with Gasteiger partial charge in [-0.25, -0.2) is 9.37 Å². The van der Waals surface area contributed by atoms with Crippen molar-refractivity contribution in [1.29, 1.82) is 0 Å². The molecule has 1 aromatic heterocycles. The van der Waals surface area contributed by atoms with Crippen LogP contribution in [0.2, 0.25) is 0 Å². The quantitative estimate of drug-likeness (QED) is 0.943. The number of nitrogen functional groups attached to an aromatic ring is 1. The molecule has 1 saturated heterocycles. The third-order valence-corrected chi connectivity index (χ3v) is 3.97. The Morgan fingerprint density at radius 2 is 1.91 bits per heavy atom. The molecule has 2 aromatic rings. The van der Waals surface area contributed by atoms with E-state index in [-0.39, 0.29) is 11.9 Å². The third-order valence-electron chi connectivity index (χ3n) is 3.97. The first-order chi connectivity index (χ1) is 10.7. The first kappa shape index (κ1) is 14.8. The highest BCUT2D eigenvalue weighted by molar-refractivity contribution is 5.38. The van der Waals surface area contributed by atoms with E-state index in [2.05, 4.69) is 9.88 Å². The summed E-state index contributed by atoms with van der Waals surface area (Å²) in [7, 11) is 0. The van der Waals surface area contributed by atoms with Gasteiger partial charge < -0.3 is 10.5 Å². The summed E-state index contributed by atoms with van der Waals surface area (Å²) in [6, 6.07) is 10.1. The van der Waals surface area contributed by atoms with Crippen LogP contribution in [0.15, 0.2) is 42.6 Å². The number of piperidine rings is 1. The van der Waals surface area contributed by atoms with Crippen LogP contribution < -0.4 is 10.5 Å². The smallest absolute Gasteiger partial charge is 0.127 e. The molecule has 0 unspecified atom stereocenters. The molecule has 0 amide bonds. The number of rotatable bonds is 4. The maximum Gasteiger partial charge on any atom is 0.127 e. The fourth-order valence-electron chi connectivity index (χ4n) is 2.72. The van der Waals surface area contributed by atoms with Gasteiger partial charge in [0, 0.05) is 31.4 Å². The average Bonchev–Trinajstić information content (AvgIpc) is 2.54. The van der Waals surface area contributed by atoms with Crippen LogP contribution in [-0.2, 0) is 6.54 Å². The van der Waals surface area contributed by atoms with E-state index in [0.29, 0.717) is 5.82 Å². The lowest BCUT2D eigenvalue weighted by molar-refractivity contribution is 0.0968. The zero-order chi connectivity index (χ0) is 15.4. The van der Waals surface area contributed by atoms with Gasteiger partial charge in [-0.2, -0.15) is 0 Å². The molecule has 22 heavy (non-hydrogen) atoms. The molecule has 1 aliphatic heterocycles. The van der Waals surface area contributed by atoms with Crippen molar-refractivity contribution in [1.82, 2.24) is 9.88 Å². The predicted molar refractivity (Wildman–Crippen MR) is 84.0 cm³/mol. The van der Waals surface area contributed by atoms with Crippen molar-refractivity contribution in [2.24, 2.45) is 0 Å². The molecule has 1 aliphatic rings. The molecule has 5 heteroatoms. The molecule has 1 aromatic carbocycles. The van der Waals surface area contributed by atoms with Crippen molar-refractivity contribution in [2.75, 3.05) is 18.8 Å². The zero-order valence-electron chi connectivity index (χ0n) is 12.4. The number of ether oxygens (including phenoxy) is 1. The van der Waals surface area contributed by atoms with Gasteiger partial charge in [0.15, 0.2) is 0 Å². The van der Waals surface area contributed by atoms with Gasteiger partial charge in [0.1, 0.15) is 23.5 Å². The Hall–Kier alpha value is -2.14. The van der Waals surface area contributed by atoms with Gasteiger partial charge in [-0.3, -0.25) is 4.90 Å². The number of aromatic nitrogens is 1. The van der Waals surface area contributed by atoms with E-state index < -0.39 is 0 Å². The molecule has 0 aliphatic carbocycles. The molecule has 2 heterocycles. The van der Waals surface area contributed by atoms with E-state index in [1.807, 2.05) is 12.1 Å². The summed E-state index contributed by atoms with van der Waals surface area (Å²) < 4.78 is 18.8. The van der Waals surface area contributed by atoms with Gasteiger partial charge in [0.25, 0.3) is 0 Å². The molecule has 2 N–H and O–H groups in total. The first-order valence-electron chi connectivity index (χ1n) is 7.54. The standard InChI is InChI=1S/C17H20FN3O/c18-14-3-5-15(6-4-14)22-16-7-10-21(11-8-16)12-13-2-1-9-20-17(13)19/h1-6,9,16H,7-8,10-12H2,(H2,19,20). The monoisotopic (exact) mass is 301 g/mol. The number of likely N-dealkylation sites (tertiary alicyclic amines) is 1. The Kier molecular flexibility index (Phi) is 4.53. The molecule has 0 radical (unpaired) electrons. The van der Waals surface area contributed by atoms with Crippen molar-refractivity contribution in [3.8, 4) is 5.75 Å². The van der Waals surface area contributed by atoms with Crippen LogP contribution in [0.3, 0.4) is 0 Å². The molecule has 3 rings (SSSR count). The fraction of sp³-hybridized carbons (Fsp3) is 0.353. The van der Waals surface area contributed by atoms with Gasteiger partial charge in [-0.15, -0.1) is 0 Å². The summed E-state index contributed by atoms with van der Waals surface area (Å²) in [5.41, 5.74) is 6.96. The van der Waals surface area contributed by atoms with E-state index in [1.54, 1.807) is 18.3 Å². The molecule has 0 saturated carbocycles. The normalized spacial score (nSPS) is 16.6. The van der Waals surface area contributed by atoms with E-state index in [4.69, 9.17) is 10.5 Å². The lowest BCUT2D eigenvalue weighted by Gasteiger charge is -2.32. The summed E-state index contributed by atoms with van der Waals surface area (Å²) in [6.07, 6.45) is 3.81. The van der Waals surface area contributed by atoms with Crippen molar-refractivity contribution in [2.45, 2.75) is 25.5 Å². The lowest BCUT2D eigenvalue weighted by Crippen LogP contribution is -2.37. The Labute approximate surface area is 129 Å². The summed E-state index contributed by atoms with van der Waals surface area (Å²) in [6.45, 7) is 2.74. The van der Waals surface area contributed by atoms with Crippen LogP contribution in [0.25, 0.3) is 0 Å². The maximum absolute atomic E-state index is 12.9. The highest BCUT2D eigenvalue weighted by atomic mass is 19.1. The minimum atomic E-state index is -0.240. The topological polar surface area (TPSA) is 51.4 Å². The van der Waals surface area contributed by atoms with Gasteiger partial charge in [-0.05, 0) is 43.2 Å². The van der Waals surface area contributed by atoms with Gasteiger partial charge in [-0.1, -0.05) is 6.07 Å². The molecule has 0 spiro atoms. The molecular formula is C17H20FN3O. The number of anilines is 1. The van der Waals surface area contributed by atoms with Crippen LogP contribution in [0.5, 0.6) is 5.75 Å². The maximum atomic E-state index is 12.9. The number of hydrogen-bond acceptors (Lipinski definition) is 4. The number of pyridine rings is 1. The Bertz CT molecular complexity index is 610. The van der Waals surface area contributed by atoms with Crippen LogP contribution in [0.1, 0.15) is 18.4 Å². The highest BCUT2D eigenvalue weighted by Crippen LogP contribution is 2.21. The molecule has 4 nitrogen and oxygen atoms in total. The predicted octanol–water partition coefficient (Wildman–Crippen LogP) is 2.85. The van der Waals surface area contributed by atoms with Gasteiger partial charge in [0.05, 0.1) is 0 Å². The van der Waals surface area contributed by atoms with Crippen molar-refractivity contribution in [3.63, 3.8) is 0 Å². The fourth-order valence-corrected chi connectivity index (χ4v) is 2.72. The van der Waals surface area contributed by atoms with Crippen molar-refractivity contribution in [3.05, 3.63) is 54.0 Å². The molecule has 116 valence electrons. The molecule has 0 bridgehead atoms. The van der Waals surface area contributed by atoms with Crippen molar-refractivity contribution >= 4 is 5.82 Å². The largest absolute Gasteiger partial charge is 0.490 e. The summed E-state index contributed by atoms with van der Waals surface area (Å²) in [4.78, 5) is 6.48. The second kappa shape index (κ2) is 6.75. The van der Waals surface area contributed by atoms with E-state index in [1.165, 1.54) is 12.1 Å². The van der Waals surface area contributed by atoms with Crippen LogP contribution in [0, 0.1) is 5.82 Å². The second-order valence-corrected chi connectivity index (χ2v) is 5.60. The molecule has 1 fully saturated rings. The minimum absolute atomic E-state index is 0.188. The van der Waals surface area contributed by atoms with E-state index >= 15 is 0 Å². The number of hydrogen-bond donors (Lipinski definition) is 1. The van der Waals surface area contributed by atoms with E-state index in [9.17, 15) is 4.39 Å². The van der Waals surface area contributed by atoms with Gasteiger partial charge >= 0.3 is 0 Å². The average molecular weight is 301 g/mol. The number of nitrogens with two attached hydrogens (primary N) is 1. The van der Waals surface area contributed by atoms with Crippen molar-refractivity contribution < 1.29 is 9.13 Å². The SMILES string of the molecule is Nc1ncccc1CN1CCC(Oc2ccc(F)cc2)CC1. The zero-order valence-corrected chi connectivity index (χ0v) is 12.4. The summed E-state index contributed by atoms with van der Waals surface area (Å²) >= 11 is 0. The first-order valence-corrected chi connectivity index (χ1v) is 7.54. The Morgan fingerprint density at radius 1 is 1.18 bits per heavy atom. The number of halogens is 1. The Morgan fingerprint density at radius 3 is 2.59 bits per heavy atom. The molecular weight excluding hydrogens is 281 g/mol. The number of nitrogens with zero attached hydrogens (tertiary/aromatic N) is 2. The van der Waals surface area contributed by atoms with Crippen LogP contribution in [0.4, 0.5) is 10.2 Å². The van der Waals surface area contributed by atoms with Crippen LogP contribution >= 0.6 is 0 Å². The summed E-state index contributed by atoms with van der Waals surface area (Å²) in [5.74, 6) is 1.10. The highest BCUT2D eigenvalue weighted by Gasteiger charge is 2.21. The van der Waals surface area contributed by atoms with E-state index in [0.717, 1.165) is 43.8 Å². The number of benzene rings is 1. The lowest BCUT2D eigenvalue weighted by atomic mass is 10.1. The second-order valence-electron chi connectivity index (χ2n) is 5.60. The minimum Gasteiger partial charge on any atom is -0.490 e. The molecule has 0 atom stereocenters. The summed E-state index contributed by atoms with van der Waals surface area (Å²) in [5, 5.41) is 0. The van der Waals surface area contributed by atoms with Crippen LogP contribution in [-0.4, -0.2) is 29.1 Å². The Balaban J connectivity index is 1.50. The van der Waals surface area contributed by atoms with Gasteiger partial charge in [0.2, 0.25) is 0 Å². The third kappa shape index (κ3) is 3.74.